The van der Waals surface area contributed by atoms with Crippen molar-refractivity contribution in [2.45, 2.75) is 12.8 Å². The van der Waals surface area contributed by atoms with E-state index in [2.05, 4.69) is 21.2 Å². The second-order valence-electron chi connectivity index (χ2n) is 4.98. The highest BCUT2D eigenvalue weighted by Crippen LogP contribution is 2.27. The van der Waals surface area contributed by atoms with Crippen LogP contribution in [0.4, 0.5) is 0 Å². The minimum atomic E-state index is -0.00941. The Kier molecular flexibility index (Phi) is 5.25. The zero-order valence-corrected chi connectivity index (χ0v) is 13.3. The molecule has 0 unspecified atom stereocenters. The molecule has 5 heteroatoms. The van der Waals surface area contributed by atoms with E-state index in [4.69, 9.17) is 11.6 Å². The lowest BCUT2D eigenvalue weighted by Crippen LogP contribution is -2.37. The van der Waals surface area contributed by atoms with Gasteiger partial charge in [0.2, 0.25) is 0 Å². The van der Waals surface area contributed by atoms with Crippen molar-refractivity contribution in [2.24, 2.45) is 5.92 Å². The number of piperidine rings is 1. The van der Waals surface area contributed by atoms with Crippen molar-refractivity contribution in [1.82, 2.24) is 10.2 Å². The van der Waals surface area contributed by atoms with Gasteiger partial charge in [-0.25, -0.2) is 0 Å². The van der Waals surface area contributed by atoms with Gasteiger partial charge in [0.15, 0.2) is 0 Å². The van der Waals surface area contributed by atoms with Crippen LogP contribution in [0.3, 0.4) is 0 Å². The first kappa shape index (κ1) is 14.8. The molecule has 1 fully saturated rings. The molecule has 1 saturated heterocycles. The fraction of sp³-hybridized carbons (Fsp3) is 0.500. The van der Waals surface area contributed by atoms with Crippen molar-refractivity contribution in [3.63, 3.8) is 0 Å². The van der Waals surface area contributed by atoms with E-state index in [-0.39, 0.29) is 5.91 Å². The molecule has 1 N–H and O–H groups in total. The molecule has 1 aliphatic heterocycles. The molecule has 0 bridgehead atoms. The van der Waals surface area contributed by atoms with Crippen LogP contribution in [0.2, 0.25) is 5.02 Å². The normalized spacial score (nSPS) is 16.4. The van der Waals surface area contributed by atoms with E-state index in [1.54, 1.807) is 11.0 Å². The molecule has 104 valence electrons. The lowest BCUT2D eigenvalue weighted by atomic mass is 9.97. The highest BCUT2D eigenvalue weighted by molar-refractivity contribution is 9.10. The fourth-order valence-electron chi connectivity index (χ4n) is 2.41. The van der Waals surface area contributed by atoms with Crippen LogP contribution in [0.1, 0.15) is 23.2 Å². The minimum Gasteiger partial charge on any atom is -0.341 e. The van der Waals surface area contributed by atoms with Gasteiger partial charge in [-0.1, -0.05) is 17.7 Å². The maximum atomic E-state index is 12.4. The largest absolute Gasteiger partial charge is 0.341 e. The second-order valence-corrected chi connectivity index (χ2v) is 6.21. The molecule has 2 rings (SSSR count). The van der Waals surface area contributed by atoms with Crippen molar-refractivity contribution in [1.29, 1.82) is 0 Å². The van der Waals surface area contributed by atoms with Gasteiger partial charge in [0.25, 0.3) is 5.91 Å². The molecule has 1 aliphatic rings. The molecule has 0 saturated carbocycles. The third kappa shape index (κ3) is 3.71. The van der Waals surface area contributed by atoms with Gasteiger partial charge >= 0.3 is 0 Å². The van der Waals surface area contributed by atoms with Crippen LogP contribution in [-0.2, 0) is 0 Å². The first-order valence-corrected chi connectivity index (χ1v) is 7.67. The molecule has 0 radical (unpaired) electrons. The fourth-order valence-corrected chi connectivity index (χ4v) is 2.98. The summed E-state index contributed by atoms with van der Waals surface area (Å²) in [4.78, 5) is 14.2. The number of carbonyl (C=O) groups is 1. The Morgan fingerprint density at radius 3 is 2.84 bits per heavy atom. The van der Waals surface area contributed by atoms with Crippen molar-refractivity contribution >= 4 is 33.4 Å². The van der Waals surface area contributed by atoms with E-state index in [0.29, 0.717) is 16.5 Å². The molecular formula is C14H18BrClN2O. The molecule has 0 aliphatic carbocycles. The Balaban J connectivity index is 2.03. The second kappa shape index (κ2) is 6.73. The predicted octanol–water partition coefficient (Wildman–Crippen LogP) is 3.17. The molecule has 1 aromatic rings. The topological polar surface area (TPSA) is 32.3 Å². The zero-order valence-electron chi connectivity index (χ0n) is 11.0. The standard InChI is InChI=1S/C14H18BrClN2O/c1-18(9-10-5-7-17-8-6-10)14(19)11-3-2-4-12(15)13(11)16/h2-4,10,17H,5-9H2,1H3. The van der Waals surface area contributed by atoms with Crippen molar-refractivity contribution in [3.8, 4) is 0 Å². The summed E-state index contributed by atoms with van der Waals surface area (Å²) in [5, 5.41) is 3.83. The quantitative estimate of drug-likeness (QED) is 0.912. The maximum absolute atomic E-state index is 12.4. The summed E-state index contributed by atoms with van der Waals surface area (Å²) < 4.78 is 0.760. The van der Waals surface area contributed by atoms with E-state index in [1.807, 2.05) is 19.2 Å². The van der Waals surface area contributed by atoms with Gasteiger partial charge < -0.3 is 10.2 Å². The lowest BCUT2D eigenvalue weighted by Gasteiger charge is -2.27. The number of hydrogen-bond acceptors (Lipinski definition) is 2. The smallest absolute Gasteiger partial charge is 0.255 e. The highest BCUT2D eigenvalue weighted by atomic mass is 79.9. The first-order valence-electron chi connectivity index (χ1n) is 6.50. The monoisotopic (exact) mass is 344 g/mol. The lowest BCUT2D eigenvalue weighted by molar-refractivity contribution is 0.0763. The summed E-state index contributed by atoms with van der Waals surface area (Å²) in [5.41, 5.74) is 0.562. The summed E-state index contributed by atoms with van der Waals surface area (Å²) >= 11 is 9.52. The third-order valence-electron chi connectivity index (χ3n) is 3.52. The van der Waals surface area contributed by atoms with E-state index in [9.17, 15) is 4.79 Å². The van der Waals surface area contributed by atoms with Crippen LogP contribution >= 0.6 is 27.5 Å². The Morgan fingerprint density at radius 2 is 2.16 bits per heavy atom. The summed E-state index contributed by atoms with van der Waals surface area (Å²) in [6.45, 7) is 2.89. The predicted molar refractivity (Wildman–Crippen MR) is 81.7 cm³/mol. The Labute approximate surface area is 127 Å². The van der Waals surface area contributed by atoms with Crippen LogP contribution in [0.25, 0.3) is 0 Å². The van der Waals surface area contributed by atoms with Crippen LogP contribution in [0.15, 0.2) is 22.7 Å². The Bertz CT molecular complexity index is 461. The van der Waals surface area contributed by atoms with Crippen LogP contribution in [-0.4, -0.2) is 37.5 Å². The van der Waals surface area contributed by atoms with E-state index < -0.39 is 0 Å². The molecule has 3 nitrogen and oxygen atoms in total. The molecular weight excluding hydrogens is 328 g/mol. The van der Waals surface area contributed by atoms with Gasteiger partial charge in [-0.05, 0) is 59.9 Å². The van der Waals surface area contributed by atoms with E-state index >= 15 is 0 Å². The molecule has 1 aromatic carbocycles. The number of halogens is 2. The van der Waals surface area contributed by atoms with Gasteiger partial charge in [-0.3, -0.25) is 4.79 Å². The van der Waals surface area contributed by atoms with E-state index in [0.717, 1.165) is 36.9 Å². The van der Waals surface area contributed by atoms with Crippen molar-refractivity contribution < 1.29 is 4.79 Å². The molecule has 0 atom stereocenters. The number of benzene rings is 1. The summed E-state index contributed by atoms with van der Waals surface area (Å²) in [6, 6.07) is 5.45. The molecule has 1 heterocycles. The average Bonchev–Trinajstić information content (AvgIpc) is 2.42. The Hall–Kier alpha value is -0.580. The van der Waals surface area contributed by atoms with Gasteiger partial charge in [0.05, 0.1) is 10.6 Å². The van der Waals surface area contributed by atoms with Gasteiger partial charge in [-0.2, -0.15) is 0 Å². The highest BCUT2D eigenvalue weighted by Gasteiger charge is 2.21. The average molecular weight is 346 g/mol. The Morgan fingerprint density at radius 1 is 1.47 bits per heavy atom. The first-order chi connectivity index (χ1) is 9.09. The number of hydrogen-bond donors (Lipinski definition) is 1. The molecule has 1 amide bonds. The number of amides is 1. The van der Waals surface area contributed by atoms with Gasteiger partial charge in [-0.15, -0.1) is 0 Å². The maximum Gasteiger partial charge on any atom is 0.255 e. The summed E-state index contributed by atoms with van der Waals surface area (Å²) in [7, 11) is 1.85. The van der Waals surface area contributed by atoms with Crippen molar-refractivity contribution in [3.05, 3.63) is 33.3 Å². The van der Waals surface area contributed by atoms with Gasteiger partial charge in [0, 0.05) is 18.1 Å². The molecule has 0 spiro atoms. The number of nitrogens with one attached hydrogen (secondary N) is 1. The number of rotatable bonds is 3. The van der Waals surface area contributed by atoms with Crippen molar-refractivity contribution in [2.75, 3.05) is 26.7 Å². The van der Waals surface area contributed by atoms with Crippen LogP contribution in [0.5, 0.6) is 0 Å². The molecule has 0 aromatic heterocycles. The number of carbonyl (C=O) groups excluding carboxylic acids is 1. The minimum absolute atomic E-state index is 0.00941. The van der Waals surface area contributed by atoms with Gasteiger partial charge in [0.1, 0.15) is 0 Å². The van der Waals surface area contributed by atoms with E-state index in [1.165, 1.54) is 0 Å². The number of nitrogens with zero attached hydrogens (tertiary/aromatic N) is 1. The SMILES string of the molecule is CN(CC1CCNCC1)C(=O)c1cccc(Br)c1Cl. The summed E-state index contributed by atoms with van der Waals surface area (Å²) in [5.74, 6) is 0.575. The molecule has 19 heavy (non-hydrogen) atoms. The van der Waals surface area contributed by atoms with Crippen LogP contribution in [0, 0.1) is 5.92 Å². The third-order valence-corrected chi connectivity index (χ3v) is 4.82. The summed E-state index contributed by atoms with van der Waals surface area (Å²) in [6.07, 6.45) is 2.26. The zero-order chi connectivity index (χ0) is 13.8. The van der Waals surface area contributed by atoms with Crippen LogP contribution < -0.4 is 5.32 Å².